The lowest BCUT2D eigenvalue weighted by Crippen LogP contribution is -3.12. The number of rotatable bonds is 6. The lowest BCUT2D eigenvalue weighted by Gasteiger charge is -2.27. The molecule has 1 aliphatic heterocycles. The number of benzene rings is 2. The van der Waals surface area contributed by atoms with Gasteiger partial charge in [0.2, 0.25) is 5.76 Å². The summed E-state index contributed by atoms with van der Waals surface area (Å²) in [5.74, 6) is -0.773. The zero-order valence-corrected chi connectivity index (χ0v) is 16.6. The highest BCUT2D eigenvalue weighted by molar-refractivity contribution is 5.99. The van der Waals surface area contributed by atoms with Crippen molar-refractivity contribution in [2.45, 2.75) is 19.9 Å². The number of hydrogen-bond donors (Lipinski definition) is 1. The highest BCUT2D eigenvalue weighted by atomic mass is 19.1. The normalized spacial score (nSPS) is 16.1. The maximum absolute atomic E-state index is 14.7. The van der Waals surface area contributed by atoms with Gasteiger partial charge in [0, 0.05) is 5.56 Å². The van der Waals surface area contributed by atoms with Gasteiger partial charge in [-0.25, -0.2) is 4.39 Å². The number of nitrogens with zero attached hydrogens (tertiary/aromatic N) is 1. The minimum atomic E-state index is -0.783. The fourth-order valence-corrected chi connectivity index (χ4v) is 4.10. The van der Waals surface area contributed by atoms with E-state index in [0.717, 1.165) is 13.1 Å². The Morgan fingerprint density at radius 1 is 1.03 bits per heavy atom. The molecule has 1 N–H and O–H groups in total. The molecule has 1 aliphatic rings. The molecule has 4 rings (SSSR count). The maximum Gasteiger partial charge on any atom is 0.291 e. The minimum absolute atomic E-state index is 0.0245. The molecule has 0 saturated heterocycles. The molecule has 3 aromatic rings. The first-order valence-corrected chi connectivity index (χ1v) is 10.0. The molecular formula is C23H24FN2O3+. The van der Waals surface area contributed by atoms with Crippen LogP contribution in [0.25, 0.3) is 11.0 Å². The van der Waals surface area contributed by atoms with Crippen LogP contribution in [0.4, 0.5) is 4.39 Å². The van der Waals surface area contributed by atoms with Crippen LogP contribution in [-0.2, 0) is 0 Å². The zero-order chi connectivity index (χ0) is 20.5. The molecule has 2 heterocycles. The second kappa shape index (κ2) is 7.79. The second-order valence-corrected chi connectivity index (χ2v) is 7.30. The van der Waals surface area contributed by atoms with Gasteiger partial charge in [0.15, 0.2) is 5.43 Å². The first kappa shape index (κ1) is 19.3. The molecule has 29 heavy (non-hydrogen) atoms. The number of amides is 1. The van der Waals surface area contributed by atoms with Crippen LogP contribution in [0.3, 0.4) is 0 Å². The molecule has 0 aliphatic carbocycles. The number of carbonyl (C=O) groups excluding carboxylic acids is 1. The largest absolute Gasteiger partial charge is 0.450 e. The predicted molar refractivity (Wildman–Crippen MR) is 109 cm³/mol. The zero-order valence-electron chi connectivity index (χ0n) is 16.6. The molecule has 1 amide bonds. The molecule has 0 radical (unpaired) electrons. The number of carbonyl (C=O) groups is 1. The predicted octanol–water partition coefficient (Wildman–Crippen LogP) is 2.40. The second-order valence-electron chi connectivity index (χ2n) is 7.30. The summed E-state index contributed by atoms with van der Waals surface area (Å²) in [4.78, 5) is 29.4. The van der Waals surface area contributed by atoms with Crippen molar-refractivity contribution in [3.63, 3.8) is 0 Å². The molecule has 0 fully saturated rings. The quantitative estimate of drug-likeness (QED) is 0.697. The van der Waals surface area contributed by atoms with Crippen LogP contribution >= 0.6 is 0 Å². The van der Waals surface area contributed by atoms with Gasteiger partial charge in [-0.05, 0) is 32.0 Å². The van der Waals surface area contributed by atoms with Crippen LogP contribution in [0, 0.1) is 5.82 Å². The van der Waals surface area contributed by atoms with Crippen molar-refractivity contribution < 1.29 is 18.5 Å². The van der Waals surface area contributed by atoms with E-state index < -0.39 is 11.9 Å². The topological polar surface area (TPSA) is 55.0 Å². The Morgan fingerprint density at radius 2 is 1.72 bits per heavy atom. The molecule has 2 aromatic carbocycles. The summed E-state index contributed by atoms with van der Waals surface area (Å²) in [5.41, 5.74) is 0.638. The number of fused-ring (bicyclic) bond motifs is 2. The molecule has 0 bridgehead atoms. The molecule has 6 heteroatoms. The first-order chi connectivity index (χ1) is 14.1. The minimum Gasteiger partial charge on any atom is -0.450 e. The van der Waals surface area contributed by atoms with Gasteiger partial charge in [-0.1, -0.05) is 30.3 Å². The van der Waals surface area contributed by atoms with Crippen molar-refractivity contribution in [2.24, 2.45) is 0 Å². The molecule has 0 spiro atoms. The number of halogens is 1. The van der Waals surface area contributed by atoms with Crippen LogP contribution in [0.1, 0.15) is 41.6 Å². The summed E-state index contributed by atoms with van der Waals surface area (Å²) < 4.78 is 20.6. The summed E-state index contributed by atoms with van der Waals surface area (Å²) in [6.45, 7) is 7.16. The van der Waals surface area contributed by atoms with Gasteiger partial charge >= 0.3 is 0 Å². The van der Waals surface area contributed by atoms with E-state index in [0.29, 0.717) is 29.6 Å². The van der Waals surface area contributed by atoms with Crippen LogP contribution in [-0.4, -0.2) is 37.0 Å². The van der Waals surface area contributed by atoms with Crippen LogP contribution < -0.4 is 10.3 Å². The molecule has 1 aromatic heterocycles. The van der Waals surface area contributed by atoms with E-state index in [-0.39, 0.29) is 22.7 Å². The van der Waals surface area contributed by atoms with Crippen molar-refractivity contribution in [1.82, 2.24) is 4.90 Å². The van der Waals surface area contributed by atoms with E-state index in [1.165, 1.54) is 11.0 Å². The van der Waals surface area contributed by atoms with E-state index in [1.54, 1.807) is 47.4 Å². The van der Waals surface area contributed by atoms with Gasteiger partial charge in [0.05, 0.1) is 43.2 Å². The van der Waals surface area contributed by atoms with E-state index in [4.69, 9.17) is 4.42 Å². The highest BCUT2D eigenvalue weighted by Gasteiger charge is 2.43. The summed E-state index contributed by atoms with van der Waals surface area (Å²) in [7, 11) is 0. The summed E-state index contributed by atoms with van der Waals surface area (Å²) in [5, 5.41) is 0.400. The van der Waals surface area contributed by atoms with Crippen molar-refractivity contribution in [3.8, 4) is 0 Å². The monoisotopic (exact) mass is 395 g/mol. The van der Waals surface area contributed by atoms with Gasteiger partial charge in [-0.15, -0.1) is 0 Å². The van der Waals surface area contributed by atoms with E-state index >= 15 is 0 Å². The Labute approximate surface area is 168 Å². The third-order valence-corrected chi connectivity index (χ3v) is 5.78. The van der Waals surface area contributed by atoms with Crippen molar-refractivity contribution in [2.75, 3.05) is 26.2 Å². The van der Waals surface area contributed by atoms with Gasteiger partial charge in [-0.3, -0.25) is 9.59 Å². The van der Waals surface area contributed by atoms with Gasteiger partial charge in [0.1, 0.15) is 11.4 Å². The SMILES string of the molecule is CC[NH+](CC)CCN1C(=O)c2oc3ccccc3c(=O)c2[C@H]1c1ccccc1F. The Kier molecular flexibility index (Phi) is 5.20. The number of quaternary nitrogens is 1. The first-order valence-electron chi connectivity index (χ1n) is 10.0. The highest BCUT2D eigenvalue weighted by Crippen LogP contribution is 2.38. The number of para-hydroxylation sites is 1. The van der Waals surface area contributed by atoms with Gasteiger partial charge in [0.25, 0.3) is 5.91 Å². The number of nitrogens with one attached hydrogen (secondary N) is 1. The fourth-order valence-electron chi connectivity index (χ4n) is 4.10. The molecule has 1 atom stereocenters. The van der Waals surface area contributed by atoms with Gasteiger partial charge < -0.3 is 14.2 Å². The Morgan fingerprint density at radius 3 is 2.45 bits per heavy atom. The van der Waals surface area contributed by atoms with Gasteiger partial charge in [-0.2, -0.15) is 0 Å². The summed E-state index contributed by atoms with van der Waals surface area (Å²) >= 11 is 0. The Bertz CT molecular complexity index is 1120. The van der Waals surface area contributed by atoms with Crippen LogP contribution in [0.2, 0.25) is 0 Å². The molecule has 150 valence electrons. The Hall–Kier alpha value is -2.99. The summed E-state index contributed by atoms with van der Waals surface area (Å²) in [6, 6.07) is 12.4. The van der Waals surface area contributed by atoms with Crippen molar-refractivity contribution >= 4 is 16.9 Å². The van der Waals surface area contributed by atoms with E-state index in [9.17, 15) is 14.0 Å². The molecular weight excluding hydrogens is 371 g/mol. The van der Waals surface area contributed by atoms with Crippen LogP contribution in [0.15, 0.2) is 57.7 Å². The smallest absolute Gasteiger partial charge is 0.291 e. The molecule has 5 nitrogen and oxygen atoms in total. The Balaban J connectivity index is 1.88. The van der Waals surface area contributed by atoms with Crippen molar-refractivity contribution in [1.29, 1.82) is 0 Å². The molecule has 0 unspecified atom stereocenters. The lowest BCUT2D eigenvalue weighted by atomic mass is 9.98. The average Bonchev–Trinajstić information content (AvgIpc) is 3.01. The summed E-state index contributed by atoms with van der Waals surface area (Å²) in [6.07, 6.45) is 0. The number of likely N-dealkylation sites (N-methyl/N-ethyl adjacent to an activating group) is 1. The standard InChI is InChI=1S/C23H23FN2O3/c1-3-25(4-2)13-14-26-20(15-9-5-7-11-17(15)24)19-21(27)16-10-6-8-12-18(16)29-22(19)23(26)28/h5-12,20H,3-4,13-14H2,1-2H3/p+1/t20-/m1/s1. The van der Waals surface area contributed by atoms with Crippen LogP contribution in [0.5, 0.6) is 0 Å². The third kappa shape index (κ3) is 3.23. The van der Waals surface area contributed by atoms with E-state index in [1.807, 2.05) is 0 Å². The lowest BCUT2D eigenvalue weighted by molar-refractivity contribution is -0.895. The average molecular weight is 395 g/mol. The fraction of sp³-hybridized carbons (Fsp3) is 0.304. The maximum atomic E-state index is 14.7. The third-order valence-electron chi connectivity index (χ3n) is 5.78. The van der Waals surface area contributed by atoms with E-state index in [2.05, 4.69) is 13.8 Å². The number of hydrogen-bond acceptors (Lipinski definition) is 3. The molecule has 0 saturated carbocycles. The van der Waals surface area contributed by atoms with Crippen molar-refractivity contribution in [3.05, 3.63) is 81.5 Å².